The number of pyridine rings is 1. The zero-order valence-corrected chi connectivity index (χ0v) is 19.4. The maximum atomic E-state index is 12.3. The molecule has 36 heavy (non-hydrogen) atoms. The summed E-state index contributed by atoms with van der Waals surface area (Å²) in [6.07, 6.45) is 0.885. The lowest BCUT2D eigenvalue weighted by Gasteiger charge is -2.07. The second-order valence-corrected chi connectivity index (χ2v) is 7.92. The van der Waals surface area contributed by atoms with Crippen molar-refractivity contribution >= 4 is 23.3 Å². The fraction of sp³-hybridized carbons (Fsp3) is 0.160. The highest BCUT2D eigenvalue weighted by molar-refractivity contribution is 6.10. The number of rotatable bonds is 7. The van der Waals surface area contributed by atoms with Gasteiger partial charge in [0.1, 0.15) is 5.82 Å². The summed E-state index contributed by atoms with van der Waals surface area (Å²) in [7, 11) is 1.72. The van der Waals surface area contributed by atoms with E-state index < -0.39 is 6.09 Å². The molecule has 0 saturated heterocycles. The van der Waals surface area contributed by atoms with Crippen molar-refractivity contribution in [2.45, 2.75) is 19.4 Å². The third-order valence-electron chi connectivity index (χ3n) is 5.48. The van der Waals surface area contributed by atoms with Crippen LogP contribution >= 0.6 is 0 Å². The Bertz CT molecular complexity index is 1430. The first-order valence-corrected chi connectivity index (χ1v) is 11.2. The zero-order chi connectivity index (χ0) is 24.7. The van der Waals surface area contributed by atoms with Gasteiger partial charge in [-0.2, -0.15) is 0 Å². The number of tetrazole rings is 1. The number of nitrogens with one attached hydrogen (secondary N) is 1. The van der Waals surface area contributed by atoms with Crippen molar-refractivity contribution < 1.29 is 14.5 Å². The molecule has 0 spiro atoms. The van der Waals surface area contributed by atoms with Crippen LogP contribution in [0.1, 0.15) is 34.6 Å². The highest BCUT2D eigenvalue weighted by Crippen LogP contribution is 2.22. The monoisotopic (exact) mass is 482 g/mol. The third-order valence-corrected chi connectivity index (χ3v) is 5.48. The van der Waals surface area contributed by atoms with Crippen LogP contribution in [0.5, 0.6) is 0 Å². The fourth-order valence-electron chi connectivity index (χ4n) is 3.77. The van der Waals surface area contributed by atoms with E-state index in [-0.39, 0.29) is 6.61 Å². The van der Waals surface area contributed by atoms with E-state index in [1.807, 2.05) is 54.6 Å². The number of fused-ring (bicyclic) bond motifs is 1. The molecule has 2 aromatic heterocycles. The van der Waals surface area contributed by atoms with Crippen LogP contribution < -0.4 is 5.32 Å². The average Bonchev–Trinajstić information content (AvgIpc) is 3.52. The second-order valence-electron chi connectivity index (χ2n) is 7.92. The van der Waals surface area contributed by atoms with Gasteiger partial charge in [-0.3, -0.25) is 10.2 Å². The van der Waals surface area contributed by atoms with Crippen molar-refractivity contribution in [3.8, 4) is 0 Å². The normalized spacial score (nSPS) is 13.9. The molecular formula is C25H22N8O3. The average molecular weight is 483 g/mol. The van der Waals surface area contributed by atoms with Gasteiger partial charge in [-0.05, 0) is 41.0 Å². The summed E-state index contributed by atoms with van der Waals surface area (Å²) in [5.74, 6) is 0.761. The number of carbonyl (C=O) groups excluding carboxylic acids is 1. The van der Waals surface area contributed by atoms with Gasteiger partial charge in [0, 0.05) is 18.2 Å². The number of hydrogen-bond acceptors (Lipinski definition) is 9. The Hall–Kier alpha value is -4.93. The number of nitrogens with zero attached hydrogens (tertiary/aromatic N) is 7. The van der Waals surface area contributed by atoms with Crippen molar-refractivity contribution in [3.63, 3.8) is 0 Å². The number of amides is 1. The summed E-state index contributed by atoms with van der Waals surface area (Å²) in [6.45, 7) is 0.0608. The predicted molar refractivity (Wildman–Crippen MR) is 131 cm³/mol. The Morgan fingerprint density at radius 2 is 1.86 bits per heavy atom. The summed E-state index contributed by atoms with van der Waals surface area (Å²) in [4.78, 5) is 27.3. The Labute approximate surface area is 206 Å². The van der Waals surface area contributed by atoms with E-state index in [4.69, 9.17) is 9.68 Å². The molecule has 1 N–H and O–H groups in total. The predicted octanol–water partition coefficient (Wildman–Crippen LogP) is 3.47. The van der Waals surface area contributed by atoms with Crippen LogP contribution in [0.2, 0.25) is 0 Å². The Balaban J connectivity index is 1.22. The van der Waals surface area contributed by atoms with Gasteiger partial charge >= 0.3 is 6.09 Å². The highest BCUT2D eigenvalue weighted by atomic mass is 16.7. The Kier molecular flexibility index (Phi) is 6.70. The minimum Gasteiger partial charge on any atom is -0.389 e. The number of aryl methyl sites for hydroxylation is 2. The van der Waals surface area contributed by atoms with Crippen LogP contribution in [0.15, 0.2) is 83.1 Å². The number of carbonyl (C=O) groups is 1. The first-order valence-electron chi connectivity index (χ1n) is 11.2. The minimum absolute atomic E-state index is 0.0608. The largest absolute Gasteiger partial charge is 0.439 e. The Morgan fingerprint density at radius 1 is 1.03 bits per heavy atom. The van der Waals surface area contributed by atoms with E-state index in [2.05, 4.69) is 36.1 Å². The molecule has 1 aliphatic rings. The molecule has 0 radical (unpaired) electrons. The number of anilines is 1. The molecule has 2 heterocycles. The van der Waals surface area contributed by atoms with Crippen LogP contribution in [0.4, 0.5) is 10.6 Å². The second kappa shape index (κ2) is 10.6. The first kappa shape index (κ1) is 22.8. The first-order chi connectivity index (χ1) is 17.7. The van der Waals surface area contributed by atoms with Gasteiger partial charge in [0.15, 0.2) is 12.3 Å². The molecule has 0 atom stereocenters. The molecule has 1 aliphatic carbocycles. The molecule has 11 nitrogen and oxygen atoms in total. The molecule has 0 fully saturated rings. The molecule has 180 valence electrons. The summed E-state index contributed by atoms with van der Waals surface area (Å²) in [5, 5.41) is 22.4. The topological polar surface area (TPSA) is 129 Å². The lowest BCUT2D eigenvalue weighted by atomic mass is 10.1. The number of benzene rings is 2. The molecule has 5 rings (SSSR count). The molecule has 4 aromatic rings. The summed E-state index contributed by atoms with van der Waals surface area (Å²) >= 11 is 0. The summed E-state index contributed by atoms with van der Waals surface area (Å²) in [5.41, 5.74) is 4.79. The van der Waals surface area contributed by atoms with Gasteiger partial charge in [-0.1, -0.05) is 71.0 Å². The lowest BCUT2D eigenvalue weighted by molar-refractivity contribution is 0.128. The minimum atomic E-state index is -0.725. The van der Waals surface area contributed by atoms with E-state index in [1.54, 1.807) is 25.2 Å². The van der Waals surface area contributed by atoms with E-state index in [1.165, 1.54) is 10.2 Å². The molecule has 11 heteroatoms. The number of oxime groups is 2. The summed E-state index contributed by atoms with van der Waals surface area (Å²) in [6, 6.07) is 22.6. The van der Waals surface area contributed by atoms with Gasteiger partial charge in [0.25, 0.3) is 0 Å². The molecule has 0 bridgehead atoms. The van der Waals surface area contributed by atoms with Crippen molar-refractivity contribution in [1.82, 2.24) is 25.2 Å². The van der Waals surface area contributed by atoms with E-state index in [0.29, 0.717) is 23.0 Å². The van der Waals surface area contributed by atoms with Crippen LogP contribution in [-0.2, 0) is 29.8 Å². The van der Waals surface area contributed by atoms with Gasteiger partial charge in [0.05, 0.1) is 11.4 Å². The zero-order valence-electron chi connectivity index (χ0n) is 19.4. The van der Waals surface area contributed by atoms with Gasteiger partial charge in [-0.25, -0.2) is 14.5 Å². The lowest BCUT2D eigenvalue weighted by Crippen LogP contribution is -2.14. The molecule has 1 amide bonds. The fourth-order valence-corrected chi connectivity index (χ4v) is 3.77. The van der Waals surface area contributed by atoms with Crippen LogP contribution in [-0.4, -0.2) is 42.7 Å². The van der Waals surface area contributed by atoms with E-state index in [9.17, 15) is 4.79 Å². The van der Waals surface area contributed by atoms with Gasteiger partial charge in [0.2, 0.25) is 5.82 Å². The van der Waals surface area contributed by atoms with Crippen molar-refractivity contribution in [3.05, 3.63) is 101 Å². The van der Waals surface area contributed by atoms with Crippen LogP contribution in [0.25, 0.3) is 0 Å². The van der Waals surface area contributed by atoms with E-state index in [0.717, 1.165) is 29.7 Å². The quantitative estimate of drug-likeness (QED) is 0.243. The van der Waals surface area contributed by atoms with Crippen molar-refractivity contribution in [1.29, 1.82) is 0 Å². The number of aromatic nitrogens is 5. The Morgan fingerprint density at radius 3 is 2.69 bits per heavy atom. The van der Waals surface area contributed by atoms with Gasteiger partial charge < -0.3 is 4.84 Å². The smallest absolute Gasteiger partial charge is 0.389 e. The summed E-state index contributed by atoms with van der Waals surface area (Å²) < 4.78 is 1.51. The molecule has 0 aliphatic heterocycles. The van der Waals surface area contributed by atoms with Crippen LogP contribution in [0.3, 0.4) is 0 Å². The third kappa shape index (κ3) is 5.25. The highest BCUT2D eigenvalue weighted by Gasteiger charge is 2.18. The van der Waals surface area contributed by atoms with Crippen LogP contribution in [0, 0.1) is 0 Å². The molecule has 2 aromatic carbocycles. The maximum Gasteiger partial charge on any atom is 0.439 e. The molecular weight excluding hydrogens is 460 g/mol. The van der Waals surface area contributed by atoms with Crippen molar-refractivity contribution in [2.75, 3.05) is 5.32 Å². The standard InChI is InChI=1S/C25H22N8O3/c1-33-24(28-31-32-33)23(18-9-3-2-4-10-18)30-35-16-19-11-7-13-22(26-19)27-25(34)36-29-21-15-14-17-8-5-6-12-20(17)21/h2-13H,14-16H2,1H3,(H,26,27,34)/b29-21+,30-23-. The van der Waals surface area contributed by atoms with E-state index >= 15 is 0 Å². The van der Waals surface area contributed by atoms with Crippen molar-refractivity contribution in [2.24, 2.45) is 17.4 Å². The SMILES string of the molecule is Cn1nnnc1/C(=N\OCc1cccc(NC(=O)O/N=C2\CCc3ccccc32)n1)c1ccccc1. The maximum absolute atomic E-state index is 12.3. The molecule has 0 unspecified atom stereocenters. The molecule has 0 saturated carbocycles. The number of hydrogen-bond donors (Lipinski definition) is 1. The van der Waals surface area contributed by atoms with Gasteiger partial charge in [-0.15, -0.1) is 5.10 Å².